The number of nitrogens with zero attached hydrogens (tertiary/aromatic N) is 1. The number of carbonyl (C=O) groups excluding carboxylic acids is 1. The van der Waals surface area contributed by atoms with Crippen LogP contribution in [0.1, 0.15) is 13.3 Å². The Morgan fingerprint density at radius 2 is 2.21 bits per heavy atom. The second kappa shape index (κ2) is 4.27. The molecule has 1 aliphatic rings. The summed E-state index contributed by atoms with van der Waals surface area (Å²) in [5.74, 6) is 0.190. The van der Waals surface area contributed by atoms with Crippen molar-refractivity contribution < 1.29 is 13.2 Å². The van der Waals surface area contributed by atoms with Crippen molar-refractivity contribution in [1.82, 2.24) is 10.2 Å². The van der Waals surface area contributed by atoms with Crippen molar-refractivity contribution in [3.8, 4) is 0 Å². The maximum atomic E-state index is 11.3. The highest BCUT2D eigenvalue weighted by Crippen LogP contribution is 2.05. The number of hydrogen-bond donors (Lipinski definition) is 1. The molecule has 6 heteroatoms. The van der Waals surface area contributed by atoms with E-state index in [1.807, 2.05) is 6.92 Å². The van der Waals surface area contributed by atoms with Gasteiger partial charge in [-0.2, -0.15) is 0 Å². The quantitative estimate of drug-likeness (QED) is 0.673. The molecule has 0 aromatic carbocycles. The van der Waals surface area contributed by atoms with Gasteiger partial charge < -0.3 is 4.90 Å². The lowest BCUT2D eigenvalue weighted by molar-refractivity contribution is -0.127. The Hall–Kier alpha value is -0.620. The van der Waals surface area contributed by atoms with Gasteiger partial charge in [-0.1, -0.05) is 0 Å². The molecule has 1 heterocycles. The van der Waals surface area contributed by atoms with Gasteiger partial charge in [-0.25, -0.2) is 8.42 Å². The lowest BCUT2D eigenvalue weighted by Gasteiger charge is -2.20. The monoisotopic (exact) mass is 220 g/mol. The van der Waals surface area contributed by atoms with Gasteiger partial charge >= 0.3 is 0 Å². The third kappa shape index (κ3) is 3.26. The summed E-state index contributed by atoms with van der Waals surface area (Å²) in [5, 5.41) is 2.99. The normalized spacial score (nSPS) is 23.1. The zero-order valence-electron chi connectivity index (χ0n) is 8.49. The molecule has 1 unspecified atom stereocenters. The first kappa shape index (κ1) is 11.5. The van der Waals surface area contributed by atoms with Gasteiger partial charge in [0.15, 0.2) is 0 Å². The molecule has 14 heavy (non-hydrogen) atoms. The summed E-state index contributed by atoms with van der Waals surface area (Å²) in [4.78, 5) is 12.9. The molecule has 0 aromatic rings. The van der Waals surface area contributed by atoms with E-state index in [1.54, 1.807) is 4.90 Å². The summed E-state index contributed by atoms with van der Waals surface area (Å²) in [5.41, 5.74) is 0. The van der Waals surface area contributed by atoms with Crippen LogP contribution < -0.4 is 5.32 Å². The highest BCUT2D eigenvalue weighted by molar-refractivity contribution is 7.90. The lowest BCUT2D eigenvalue weighted by Crippen LogP contribution is -2.36. The molecule has 0 aliphatic carbocycles. The molecule has 1 fully saturated rings. The second-order valence-electron chi connectivity index (χ2n) is 3.63. The minimum Gasteiger partial charge on any atom is -0.326 e. The molecule has 82 valence electrons. The van der Waals surface area contributed by atoms with E-state index in [9.17, 15) is 13.2 Å². The highest BCUT2D eigenvalue weighted by Gasteiger charge is 2.26. The van der Waals surface area contributed by atoms with Gasteiger partial charge in [-0.3, -0.25) is 10.1 Å². The molecule has 1 N–H and O–H groups in total. The zero-order valence-corrected chi connectivity index (χ0v) is 9.30. The van der Waals surface area contributed by atoms with Crippen LogP contribution in [-0.2, 0) is 14.6 Å². The molecule has 1 rings (SSSR count). The van der Waals surface area contributed by atoms with Crippen molar-refractivity contribution >= 4 is 15.7 Å². The van der Waals surface area contributed by atoms with Crippen LogP contribution >= 0.6 is 0 Å². The maximum Gasteiger partial charge on any atom is 0.237 e. The van der Waals surface area contributed by atoms with Gasteiger partial charge in [0.25, 0.3) is 0 Å². The predicted octanol–water partition coefficient (Wildman–Crippen LogP) is -0.801. The van der Waals surface area contributed by atoms with Crippen molar-refractivity contribution in [2.75, 3.05) is 25.1 Å². The Morgan fingerprint density at radius 3 is 2.64 bits per heavy atom. The molecular formula is C8H16N2O3S. The van der Waals surface area contributed by atoms with Gasteiger partial charge in [-0.05, 0) is 13.3 Å². The molecule has 0 radical (unpaired) electrons. The molecule has 0 aromatic heterocycles. The van der Waals surface area contributed by atoms with Crippen molar-refractivity contribution in [2.45, 2.75) is 19.5 Å². The fourth-order valence-electron chi connectivity index (χ4n) is 1.48. The average Bonchev–Trinajstić information content (AvgIpc) is 2.33. The van der Waals surface area contributed by atoms with Crippen LogP contribution in [0.5, 0.6) is 0 Å². The Balaban J connectivity index is 2.34. The smallest absolute Gasteiger partial charge is 0.237 e. The summed E-state index contributed by atoms with van der Waals surface area (Å²) < 4.78 is 21.7. The summed E-state index contributed by atoms with van der Waals surface area (Å²) in [6, 6.07) is 0. The summed E-state index contributed by atoms with van der Waals surface area (Å²) in [7, 11) is -2.91. The van der Waals surface area contributed by atoms with E-state index in [0.29, 0.717) is 19.5 Å². The molecule has 1 atom stereocenters. The topological polar surface area (TPSA) is 66.5 Å². The van der Waals surface area contributed by atoms with Crippen LogP contribution in [0.25, 0.3) is 0 Å². The number of carbonyl (C=O) groups is 1. The first-order chi connectivity index (χ1) is 6.40. The highest BCUT2D eigenvalue weighted by atomic mass is 32.2. The van der Waals surface area contributed by atoms with Gasteiger partial charge in [-0.15, -0.1) is 0 Å². The van der Waals surface area contributed by atoms with Crippen LogP contribution in [0, 0.1) is 0 Å². The van der Waals surface area contributed by atoms with Crippen molar-refractivity contribution in [3.63, 3.8) is 0 Å². The van der Waals surface area contributed by atoms with Crippen molar-refractivity contribution in [3.05, 3.63) is 0 Å². The Morgan fingerprint density at radius 1 is 1.57 bits per heavy atom. The fraction of sp³-hybridized carbons (Fsp3) is 0.875. The number of sulfone groups is 1. The van der Waals surface area contributed by atoms with E-state index in [4.69, 9.17) is 0 Å². The van der Waals surface area contributed by atoms with Crippen molar-refractivity contribution in [1.29, 1.82) is 0 Å². The van der Waals surface area contributed by atoms with E-state index < -0.39 is 9.84 Å². The standard InChI is InChI=1S/C8H16N2O3S/c1-7-9-6-8(11)10(7)4-3-5-14(2,12)13/h7,9H,3-6H2,1-2H3. The number of nitrogens with one attached hydrogen (secondary N) is 1. The van der Waals surface area contributed by atoms with E-state index in [2.05, 4.69) is 5.32 Å². The summed E-state index contributed by atoms with van der Waals surface area (Å²) in [6.45, 7) is 2.77. The first-order valence-electron chi connectivity index (χ1n) is 4.61. The predicted molar refractivity (Wildman–Crippen MR) is 53.5 cm³/mol. The molecule has 1 saturated heterocycles. The Kier molecular flexibility index (Phi) is 3.49. The van der Waals surface area contributed by atoms with Gasteiger partial charge in [0.1, 0.15) is 9.84 Å². The number of hydrogen-bond acceptors (Lipinski definition) is 4. The molecule has 1 aliphatic heterocycles. The zero-order chi connectivity index (χ0) is 10.8. The fourth-order valence-corrected chi connectivity index (χ4v) is 2.13. The van der Waals surface area contributed by atoms with E-state index in [-0.39, 0.29) is 17.8 Å². The van der Waals surface area contributed by atoms with Crippen LogP contribution in [0.3, 0.4) is 0 Å². The molecule has 5 nitrogen and oxygen atoms in total. The molecule has 0 bridgehead atoms. The summed E-state index contributed by atoms with van der Waals surface area (Å²) >= 11 is 0. The van der Waals surface area contributed by atoms with Crippen LogP contribution in [0.4, 0.5) is 0 Å². The van der Waals surface area contributed by atoms with Gasteiger partial charge in [0, 0.05) is 12.8 Å². The van der Waals surface area contributed by atoms with E-state index >= 15 is 0 Å². The van der Waals surface area contributed by atoms with E-state index in [0.717, 1.165) is 0 Å². The second-order valence-corrected chi connectivity index (χ2v) is 5.89. The lowest BCUT2D eigenvalue weighted by atomic mass is 10.4. The SMILES string of the molecule is CC1NCC(=O)N1CCCS(C)(=O)=O. The molecular weight excluding hydrogens is 204 g/mol. The molecule has 0 saturated carbocycles. The first-order valence-corrected chi connectivity index (χ1v) is 6.67. The third-order valence-corrected chi connectivity index (χ3v) is 3.28. The van der Waals surface area contributed by atoms with Gasteiger partial charge in [0.05, 0.1) is 18.5 Å². The molecule has 0 spiro atoms. The van der Waals surface area contributed by atoms with Crippen LogP contribution in [0.15, 0.2) is 0 Å². The van der Waals surface area contributed by atoms with Crippen molar-refractivity contribution in [2.24, 2.45) is 0 Å². The maximum absolute atomic E-state index is 11.3. The average molecular weight is 220 g/mol. The Labute approximate surface area is 84.4 Å². The van der Waals surface area contributed by atoms with E-state index in [1.165, 1.54) is 6.26 Å². The largest absolute Gasteiger partial charge is 0.326 e. The number of amides is 1. The van der Waals surface area contributed by atoms with Crippen LogP contribution in [0.2, 0.25) is 0 Å². The minimum atomic E-state index is -2.91. The summed E-state index contributed by atoms with van der Waals surface area (Å²) in [6.07, 6.45) is 1.75. The third-order valence-electron chi connectivity index (χ3n) is 2.25. The van der Waals surface area contributed by atoms with Crippen LogP contribution in [-0.4, -0.2) is 50.5 Å². The Bertz CT molecular complexity index is 313. The molecule has 1 amide bonds. The van der Waals surface area contributed by atoms with Gasteiger partial charge in [0.2, 0.25) is 5.91 Å². The minimum absolute atomic E-state index is 0.0297. The number of rotatable bonds is 4.